The SMILES string of the molecule is CN1CCCC1C=CCOc1ccc(Cl)c(Cl)c1. The monoisotopic (exact) mass is 285 g/mol. The average molecular weight is 286 g/mol. The van der Waals surface area contributed by atoms with E-state index in [9.17, 15) is 0 Å². The summed E-state index contributed by atoms with van der Waals surface area (Å²) in [6, 6.07) is 5.86. The molecule has 0 amide bonds. The molecule has 4 heteroatoms. The molecule has 1 aromatic carbocycles. The van der Waals surface area contributed by atoms with E-state index in [1.807, 2.05) is 6.07 Å². The van der Waals surface area contributed by atoms with Crippen molar-refractivity contribution in [3.05, 3.63) is 40.4 Å². The number of likely N-dealkylation sites (N-methyl/N-ethyl adjacent to an activating group) is 1. The first-order valence-corrected chi connectivity index (χ1v) is 6.87. The summed E-state index contributed by atoms with van der Waals surface area (Å²) in [5.41, 5.74) is 0. The first-order chi connectivity index (χ1) is 8.66. The molecule has 1 aliphatic rings. The highest BCUT2D eigenvalue weighted by Crippen LogP contribution is 2.26. The highest BCUT2D eigenvalue weighted by Gasteiger charge is 2.17. The van der Waals surface area contributed by atoms with Crippen LogP contribution in [0.5, 0.6) is 5.75 Å². The van der Waals surface area contributed by atoms with Crippen LogP contribution < -0.4 is 4.74 Å². The zero-order chi connectivity index (χ0) is 13.0. The molecule has 98 valence electrons. The molecule has 1 atom stereocenters. The van der Waals surface area contributed by atoms with Gasteiger partial charge in [-0.3, -0.25) is 4.90 Å². The number of hydrogen-bond donors (Lipinski definition) is 0. The minimum atomic E-state index is 0.522. The number of ether oxygens (including phenoxy) is 1. The third-order valence-electron chi connectivity index (χ3n) is 3.17. The van der Waals surface area contributed by atoms with Crippen molar-refractivity contribution >= 4 is 23.2 Å². The molecule has 0 aliphatic carbocycles. The molecule has 1 unspecified atom stereocenters. The summed E-state index contributed by atoms with van der Waals surface area (Å²) in [7, 11) is 2.15. The molecule has 1 fully saturated rings. The molecule has 1 heterocycles. The molecule has 0 radical (unpaired) electrons. The van der Waals surface area contributed by atoms with Crippen molar-refractivity contribution in [1.29, 1.82) is 0 Å². The zero-order valence-corrected chi connectivity index (χ0v) is 11.9. The number of rotatable bonds is 4. The van der Waals surface area contributed by atoms with Crippen molar-refractivity contribution in [1.82, 2.24) is 4.90 Å². The number of hydrogen-bond acceptors (Lipinski definition) is 2. The summed E-state index contributed by atoms with van der Waals surface area (Å²) in [4.78, 5) is 2.36. The third kappa shape index (κ3) is 3.64. The van der Waals surface area contributed by atoms with Crippen LogP contribution in [0.15, 0.2) is 30.4 Å². The summed E-state index contributed by atoms with van der Waals surface area (Å²) in [6.07, 6.45) is 6.79. The summed E-state index contributed by atoms with van der Waals surface area (Å²) >= 11 is 11.7. The Morgan fingerprint density at radius 2 is 2.22 bits per heavy atom. The van der Waals surface area contributed by atoms with Gasteiger partial charge in [-0.25, -0.2) is 0 Å². The Morgan fingerprint density at radius 1 is 1.39 bits per heavy atom. The summed E-state index contributed by atoms with van der Waals surface area (Å²) in [5, 5.41) is 1.07. The van der Waals surface area contributed by atoms with Gasteiger partial charge in [-0.2, -0.15) is 0 Å². The second-order valence-electron chi connectivity index (χ2n) is 4.51. The second-order valence-corrected chi connectivity index (χ2v) is 5.32. The van der Waals surface area contributed by atoms with E-state index >= 15 is 0 Å². The summed E-state index contributed by atoms with van der Waals surface area (Å²) < 4.78 is 5.59. The predicted octanol–water partition coefficient (Wildman–Crippen LogP) is 4.02. The van der Waals surface area contributed by atoms with Crippen molar-refractivity contribution in [2.24, 2.45) is 0 Å². The van der Waals surface area contributed by atoms with Crippen molar-refractivity contribution in [2.75, 3.05) is 20.2 Å². The maximum absolute atomic E-state index is 5.91. The molecule has 0 bridgehead atoms. The molecule has 1 aliphatic heterocycles. The summed E-state index contributed by atoms with van der Waals surface area (Å²) in [5.74, 6) is 0.744. The van der Waals surface area contributed by atoms with Crippen LogP contribution in [0.3, 0.4) is 0 Å². The first kappa shape index (κ1) is 13.7. The van der Waals surface area contributed by atoms with Crippen LogP contribution in [0.2, 0.25) is 10.0 Å². The molecular weight excluding hydrogens is 269 g/mol. The lowest BCUT2D eigenvalue weighted by Gasteiger charge is -2.14. The minimum Gasteiger partial charge on any atom is -0.489 e. The van der Waals surface area contributed by atoms with Gasteiger partial charge in [-0.1, -0.05) is 29.3 Å². The molecule has 0 saturated carbocycles. The fraction of sp³-hybridized carbons (Fsp3) is 0.429. The van der Waals surface area contributed by atoms with Crippen LogP contribution in [-0.2, 0) is 0 Å². The van der Waals surface area contributed by atoms with Gasteiger partial charge >= 0.3 is 0 Å². The van der Waals surface area contributed by atoms with Gasteiger partial charge in [0.2, 0.25) is 0 Å². The normalized spacial score (nSPS) is 20.7. The van der Waals surface area contributed by atoms with E-state index < -0.39 is 0 Å². The van der Waals surface area contributed by atoms with Gasteiger partial charge in [0.25, 0.3) is 0 Å². The fourth-order valence-electron chi connectivity index (χ4n) is 2.10. The van der Waals surface area contributed by atoms with Crippen molar-refractivity contribution in [2.45, 2.75) is 18.9 Å². The van der Waals surface area contributed by atoms with Gasteiger partial charge in [-0.15, -0.1) is 0 Å². The predicted molar refractivity (Wildman–Crippen MR) is 76.7 cm³/mol. The van der Waals surface area contributed by atoms with Crippen molar-refractivity contribution in [3.8, 4) is 5.75 Å². The molecule has 0 spiro atoms. The molecule has 1 saturated heterocycles. The van der Waals surface area contributed by atoms with E-state index in [0.29, 0.717) is 22.7 Å². The summed E-state index contributed by atoms with van der Waals surface area (Å²) in [6.45, 7) is 1.74. The Labute approximate surface area is 118 Å². The zero-order valence-electron chi connectivity index (χ0n) is 10.4. The molecule has 0 N–H and O–H groups in total. The Bertz CT molecular complexity index is 434. The van der Waals surface area contributed by atoms with Crippen LogP contribution in [-0.4, -0.2) is 31.1 Å². The van der Waals surface area contributed by atoms with Gasteiger partial charge in [0.05, 0.1) is 10.0 Å². The highest BCUT2D eigenvalue weighted by molar-refractivity contribution is 6.42. The number of nitrogens with zero attached hydrogens (tertiary/aromatic N) is 1. The van der Waals surface area contributed by atoms with Gasteiger partial charge in [0.15, 0.2) is 0 Å². The minimum absolute atomic E-state index is 0.522. The van der Waals surface area contributed by atoms with Gasteiger partial charge < -0.3 is 4.74 Å². The van der Waals surface area contributed by atoms with Gasteiger partial charge in [0, 0.05) is 12.1 Å². The lowest BCUT2D eigenvalue weighted by atomic mass is 10.2. The van der Waals surface area contributed by atoms with Crippen LogP contribution >= 0.6 is 23.2 Å². The van der Waals surface area contributed by atoms with E-state index in [4.69, 9.17) is 27.9 Å². The van der Waals surface area contributed by atoms with Crippen LogP contribution in [0.1, 0.15) is 12.8 Å². The number of likely N-dealkylation sites (tertiary alicyclic amines) is 1. The Morgan fingerprint density at radius 3 is 2.89 bits per heavy atom. The van der Waals surface area contributed by atoms with E-state index in [-0.39, 0.29) is 0 Å². The van der Waals surface area contributed by atoms with E-state index in [1.54, 1.807) is 12.1 Å². The maximum Gasteiger partial charge on any atom is 0.121 e. The molecule has 2 nitrogen and oxygen atoms in total. The molecule has 1 aromatic rings. The smallest absolute Gasteiger partial charge is 0.121 e. The molecule has 18 heavy (non-hydrogen) atoms. The molecule has 2 rings (SSSR count). The second kappa shape index (κ2) is 6.46. The van der Waals surface area contributed by atoms with Gasteiger partial charge in [-0.05, 0) is 44.6 Å². The van der Waals surface area contributed by atoms with Crippen LogP contribution in [0.25, 0.3) is 0 Å². The number of halogens is 2. The standard InChI is InChI=1S/C14H17Cl2NO/c1-17-8-2-4-11(17)5-3-9-18-12-6-7-13(15)14(16)10-12/h3,5-7,10-11H,2,4,8-9H2,1H3. The van der Waals surface area contributed by atoms with E-state index in [1.165, 1.54) is 19.4 Å². The largest absolute Gasteiger partial charge is 0.489 e. The average Bonchev–Trinajstić information content (AvgIpc) is 2.75. The maximum atomic E-state index is 5.91. The Balaban J connectivity index is 1.81. The first-order valence-electron chi connectivity index (χ1n) is 6.11. The van der Waals surface area contributed by atoms with Crippen LogP contribution in [0, 0.1) is 0 Å². The lowest BCUT2D eigenvalue weighted by molar-refractivity contribution is 0.346. The van der Waals surface area contributed by atoms with E-state index in [0.717, 1.165) is 5.75 Å². The topological polar surface area (TPSA) is 12.5 Å². The number of benzene rings is 1. The fourth-order valence-corrected chi connectivity index (χ4v) is 2.39. The van der Waals surface area contributed by atoms with Crippen LogP contribution in [0.4, 0.5) is 0 Å². The van der Waals surface area contributed by atoms with Gasteiger partial charge in [0.1, 0.15) is 12.4 Å². The Hall–Kier alpha value is -0.700. The van der Waals surface area contributed by atoms with Crippen molar-refractivity contribution in [3.63, 3.8) is 0 Å². The highest BCUT2D eigenvalue weighted by atomic mass is 35.5. The van der Waals surface area contributed by atoms with E-state index in [2.05, 4.69) is 24.1 Å². The molecular formula is C14H17Cl2NO. The molecule has 0 aromatic heterocycles. The Kier molecular flexibility index (Phi) is 4.93. The van der Waals surface area contributed by atoms with Crippen molar-refractivity contribution < 1.29 is 4.74 Å². The lowest BCUT2D eigenvalue weighted by Crippen LogP contribution is -2.22. The quantitative estimate of drug-likeness (QED) is 0.775. The third-order valence-corrected chi connectivity index (χ3v) is 3.91.